The molecule has 1 aliphatic heterocycles. The Kier molecular flexibility index (Phi) is 4.15. The summed E-state index contributed by atoms with van der Waals surface area (Å²) < 4.78 is 0. The number of rotatable bonds is 3. The third-order valence-corrected chi connectivity index (χ3v) is 3.41. The minimum Gasteiger partial charge on any atom is -0.411 e. The second kappa shape index (κ2) is 5.82. The average Bonchev–Trinajstić information content (AvgIpc) is 2.40. The van der Waals surface area contributed by atoms with Crippen LogP contribution in [-0.4, -0.2) is 28.9 Å². The average molecular weight is 232 g/mol. The van der Waals surface area contributed by atoms with Gasteiger partial charge >= 0.3 is 0 Å². The molecule has 1 aliphatic rings. The van der Waals surface area contributed by atoms with E-state index in [1.165, 1.54) is 11.1 Å². The number of aryl methyl sites for hydroxylation is 1. The van der Waals surface area contributed by atoms with Crippen LogP contribution in [0.1, 0.15) is 30.9 Å². The van der Waals surface area contributed by atoms with Crippen molar-refractivity contribution < 1.29 is 5.21 Å². The Morgan fingerprint density at radius 3 is 2.24 bits per heavy atom. The Morgan fingerprint density at radius 2 is 1.71 bits per heavy atom. The molecule has 0 unspecified atom stereocenters. The van der Waals surface area contributed by atoms with E-state index in [1.54, 1.807) is 0 Å². The zero-order chi connectivity index (χ0) is 12.1. The number of nitrogens with zero attached hydrogens (tertiary/aromatic N) is 2. The summed E-state index contributed by atoms with van der Waals surface area (Å²) in [5.74, 6) is 0. The first kappa shape index (κ1) is 12.1. The van der Waals surface area contributed by atoms with Crippen molar-refractivity contribution in [1.29, 1.82) is 0 Å². The lowest BCUT2D eigenvalue weighted by Crippen LogP contribution is -2.33. The van der Waals surface area contributed by atoms with Crippen LogP contribution in [0.15, 0.2) is 29.4 Å². The SMILES string of the molecule is CCc1ccc(CN2CCC(=NO)CC2)cc1. The van der Waals surface area contributed by atoms with E-state index in [2.05, 4.69) is 41.2 Å². The Hall–Kier alpha value is -1.35. The fraction of sp³-hybridized carbons (Fsp3) is 0.500. The number of oxime groups is 1. The molecule has 2 rings (SSSR count). The lowest BCUT2D eigenvalue weighted by atomic mass is 10.1. The summed E-state index contributed by atoms with van der Waals surface area (Å²) in [7, 11) is 0. The quantitative estimate of drug-likeness (QED) is 0.642. The molecule has 1 aromatic rings. The van der Waals surface area contributed by atoms with Gasteiger partial charge < -0.3 is 5.21 Å². The van der Waals surface area contributed by atoms with E-state index < -0.39 is 0 Å². The van der Waals surface area contributed by atoms with Crippen LogP contribution in [0, 0.1) is 0 Å². The van der Waals surface area contributed by atoms with Gasteiger partial charge in [-0.2, -0.15) is 0 Å². The van der Waals surface area contributed by atoms with Gasteiger partial charge in [0.2, 0.25) is 0 Å². The van der Waals surface area contributed by atoms with Crippen molar-refractivity contribution in [1.82, 2.24) is 4.90 Å². The molecule has 0 amide bonds. The Bertz CT molecular complexity index is 374. The van der Waals surface area contributed by atoms with Crippen molar-refractivity contribution in [2.75, 3.05) is 13.1 Å². The molecule has 17 heavy (non-hydrogen) atoms. The van der Waals surface area contributed by atoms with E-state index in [-0.39, 0.29) is 0 Å². The molecule has 0 atom stereocenters. The van der Waals surface area contributed by atoms with E-state index in [4.69, 9.17) is 5.21 Å². The molecule has 0 spiro atoms. The molecule has 0 saturated carbocycles. The summed E-state index contributed by atoms with van der Waals surface area (Å²) in [6, 6.07) is 8.85. The van der Waals surface area contributed by atoms with E-state index in [9.17, 15) is 0 Å². The fourth-order valence-corrected chi connectivity index (χ4v) is 2.21. The fourth-order valence-electron chi connectivity index (χ4n) is 2.21. The number of piperidine rings is 1. The van der Waals surface area contributed by atoms with Crippen LogP contribution in [0.2, 0.25) is 0 Å². The first-order valence-corrected chi connectivity index (χ1v) is 6.31. The van der Waals surface area contributed by atoms with Crippen LogP contribution in [0.25, 0.3) is 0 Å². The molecule has 1 heterocycles. The van der Waals surface area contributed by atoms with Crippen LogP contribution in [0.4, 0.5) is 0 Å². The van der Waals surface area contributed by atoms with Gasteiger partial charge in [-0.15, -0.1) is 0 Å². The Labute approximate surface area is 103 Å². The summed E-state index contributed by atoms with van der Waals surface area (Å²) in [4.78, 5) is 2.41. The van der Waals surface area contributed by atoms with E-state index >= 15 is 0 Å². The number of likely N-dealkylation sites (tertiary alicyclic amines) is 1. The maximum Gasteiger partial charge on any atom is 0.0596 e. The second-order valence-electron chi connectivity index (χ2n) is 4.61. The molecule has 3 nitrogen and oxygen atoms in total. The molecule has 0 radical (unpaired) electrons. The third-order valence-electron chi connectivity index (χ3n) is 3.41. The highest BCUT2D eigenvalue weighted by Crippen LogP contribution is 2.13. The Morgan fingerprint density at radius 1 is 1.12 bits per heavy atom. The van der Waals surface area contributed by atoms with Gasteiger partial charge in [0.1, 0.15) is 0 Å². The highest BCUT2D eigenvalue weighted by molar-refractivity contribution is 5.84. The van der Waals surface area contributed by atoms with Crippen molar-refractivity contribution in [3.63, 3.8) is 0 Å². The van der Waals surface area contributed by atoms with Crippen LogP contribution < -0.4 is 0 Å². The third kappa shape index (κ3) is 3.30. The largest absolute Gasteiger partial charge is 0.411 e. The van der Waals surface area contributed by atoms with Gasteiger partial charge in [0.05, 0.1) is 5.71 Å². The minimum absolute atomic E-state index is 0.892. The van der Waals surface area contributed by atoms with Crippen molar-refractivity contribution in [2.45, 2.75) is 32.7 Å². The summed E-state index contributed by atoms with van der Waals surface area (Å²) >= 11 is 0. The number of benzene rings is 1. The molecular formula is C14H20N2O. The highest BCUT2D eigenvalue weighted by Gasteiger charge is 2.15. The maximum atomic E-state index is 8.69. The number of hydrogen-bond acceptors (Lipinski definition) is 3. The normalized spacial score (nSPS) is 17.1. The van der Waals surface area contributed by atoms with Crippen molar-refractivity contribution in [3.05, 3.63) is 35.4 Å². The topological polar surface area (TPSA) is 35.8 Å². The van der Waals surface area contributed by atoms with Crippen molar-refractivity contribution in [3.8, 4) is 0 Å². The van der Waals surface area contributed by atoms with Crippen LogP contribution >= 0.6 is 0 Å². The maximum absolute atomic E-state index is 8.69. The van der Waals surface area contributed by atoms with Gasteiger partial charge in [0.25, 0.3) is 0 Å². The predicted molar refractivity (Wildman–Crippen MR) is 69.6 cm³/mol. The lowest BCUT2D eigenvalue weighted by Gasteiger charge is -2.26. The molecule has 0 bridgehead atoms. The summed E-state index contributed by atoms with van der Waals surface area (Å²) in [5, 5.41) is 12.0. The second-order valence-corrected chi connectivity index (χ2v) is 4.61. The molecule has 0 aliphatic carbocycles. The van der Waals surface area contributed by atoms with Crippen LogP contribution in [0.5, 0.6) is 0 Å². The number of hydrogen-bond donors (Lipinski definition) is 1. The zero-order valence-corrected chi connectivity index (χ0v) is 10.4. The molecule has 1 fully saturated rings. The molecule has 92 valence electrons. The smallest absolute Gasteiger partial charge is 0.0596 e. The van der Waals surface area contributed by atoms with Crippen LogP contribution in [-0.2, 0) is 13.0 Å². The summed E-state index contributed by atoms with van der Waals surface area (Å²) in [5.41, 5.74) is 3.69. The molecule has 1 saturated heterocycles. The van der Waals surface area contributed by atoms with E-state index in [0.29, 0.717) is 0 Å². The first-order chi connectivity index (χ1) is 8.31. The van der Waals surface area contributed by atoms with Crippen LogP contribution in [0.3, 0.4) is 0 Å². The molecule has 0 aromatic heterocycles. The van der Waals surface area contributed by atoms with Gasteiger partial charge in [0, 0.05) is 32.5 Å². The van der Waals surface area contributed by atoms with Gasteiger partial charge in [-0.1, -0.05) is 36.3 Å². The summed E-state index contributed by atoms with van der Waals surface area (Å²) in [6.07, 6.45) is 2.88. The monoisotopic (exact) mass is 232 g/mol. The molecule has 3 heteroatoms. The van der Waals surface area contributed by atoms with E-state index in [0.717, 1.165) is 44.6 Å². The van der Waals surface area contributed by atoms with Crippen molar-refractivity contribution in [2.24, 2.45) is 5.16 Å². The standard InChI is InChI=1S/C14H20N2O/c1-2-12-3-5-13(6-4-12)11-16-9-7-14(15-17)8-10-16/h3-6,17H,2,7-11H2,1H3. The molecule has 1 aromatic carbocycles. The molecular weight excluding hydrogens is 212 g/mol. The van der Waals surface area contributed by atoms with E-state index in [1.807, 2.05) is 0 Å². The lowest BCUT2D eigenvalue weighted by molar-refractivity contribution is 0.256. The predicted octanol–water partition coefficient (Wildman–Crippen LogP) is 2.68. The highest BCUT2D eigenvalue weighted by atomic mass is 16.4. The van der Waals surface area contributed by atoms with Gasteiger partial charge in [0.15, 0.2) is 0 Å². The van der Waals surface area contributed by atoms with Crippen molar-refractivity contribution >= 4 is 5.71 Å². The van der Waals surface area contributed by atoms with Gasteiger partial charge in [-0.05, 0) is 17.5 Å². The van der Waals surface area contributed by atoms with Gasteiger partial charge in [-0.25, -0.2) is 0 Å². The summed E-state index contributed by atoms with van der Waals surface area (Å²) in [6.45, 7) is 5.17. The first-order valence-electron chi connectivity index (χ1n) is 6.31. The zero-order valence-electron chi connectivity index (χ0n) is 10.4. The molecule has 1 N–H and O–H groups in total. The van der Waals surface area contributed by atoms with Gasteiger partial charge in [-0.3, -0.25) is 4.90 Å². The Balaban J connectivity index is 1.88. The minimum atomic E-state index is 0.892.